The first-order chi connectivity index (χ1) is 23.8. The summed E-state index contributed by atoms with van der Waals surface area (Å²) in [5.74, 6) is 0. The number of rotatable bonds is 10. The van der Waals surface area contributed by atoms with Gasteiger partial charge in [-0.2, -0.15) is 4.31 Å². The van der Waals surface area contributed by atoms with Gasteiger partial charge in [0.15, 0.2) is 4.90 Å². The second-order valence-electron chi connectivity index (χ2n) is 13.5. The van der Waals surface area contributed by atoms with Crippen LogP contribution in [-0.4, -0.2) is 51.6 Å². The van der Waals surface area contributed by atoms with Crippen LogP contribution in [0.4, 0.5) is 5.69 Å². The number of aromatic nitrogens is 2. The Morgan fingerprint density at radius 1 is 0.780 bits per heavy atom. The van der Waals surface area contributed by atoms with Gasteiger partial charge in [0.1, 0.15) is 0 Å². The molecule has 3 heterocycles. The Morgan fingerprint density at radius 3 is 1.86 bits per heavy atom. The van der Waals surface area contributed by atoms with Crippen LogP contribution < -0.4 is 0 Å². The minimum Gasteiger partial charge on any atom is -0.297 e. The zero-order valence-electron chi connectivity index (χ0n) is 29.5. The lowest BCUT2D eigenvalue weighted by Gasteiger charge is -2.28. The second-order valence-corrected chi connectivity index (χ2v) is 15.4. The van der Waals surface area contributed by atoms with Crippen LogP contribution in [0, 0.1) is 51.7 Å². The lowest BCUT2D eigenvalue weighted by Crippen LogP contribution is -2.41. The fourth-order valence-electron chi connectivity index (χ4n) is 6.82. The quantitative estimate of drug-likeness (QED) is 0.108. The molecule has 258 valence electrons. The van der Waals surface area contributed by atoms with E-state index in [0.717, 1.165) is 44.8 Å². The molecule has 6 rings (SSSR count). The zero-order chi connectivity index (χ0) is 35.7. The molecule has 1 unspecified atom stereocenters. The van der Waals surface area contributed by atoms with Gasteiger partial charge in [0.25, 0.3) is 15.7 Å². The van der Waals surface area contributed by atoms with E-state index in [4.69, 9.17) is 0 Å². The van der Waals surface area contributed by atoms with Crippen molar-refractivity contribution in [2.24, 2.45) is 0 Å². The highest BCUT2D eigenvalue weighted by atomic mass is 32.2. The summed E-state index contributed by atoms with van der Waals surface area (Å²) in [4.78, 5) is 22.6. The van der Waals surface area contributed by atoms with Crippen molar-refractivity contribution < 1.29 is 13.3 Å². The van der Waals surface area contributed by atoms with Crippen molar-refractivity contribution in [3.05, 3.63) is 140 Å². The summed E-state index contributed by atoms with van der Waals surface area (Å²) in [5, 5.41) is 12.0. The van der Waals surface area contributed by atoms with E-state index in [1.165, 1.54) is 50.8 Å². The number of sulfonamides is 1. The van der Waals surface area contributed by atoms with Gasteiger partial charge in [-0.3, -0.25) is 25.0 Å². The Kier molecular flexibility index (Phi) is 9.98. The topological polar surface area (TPSA) is 110 Å². The molecule has 1 aliphatic rings. The van der Waals surface area contributed by atoms with Crippen LogP contribution in [-0.2, 0) is 23.1 Å². The minimum atomic E-state index is -4.27. The Balaban J connectivity index is 1.30. The molecular weight excluding hydrogens is 647 g/mol. The van der Waals surface area contributed by atoms with Crippen LogP contribution in [0.5, 0.6) is 0 Å². The summed E-state index contributed by atoms with van der Waals surface area (Å²) in [6.45, 7) is 14.4. The van der Waals surface area contributed by atoms with Crippen molar-refractivity contribution in [3.63, 3.8) is 0 Å². The highest BCUT2D eigenvalue weighted by Gasteiger charge is 2.39. The molecule has 0 spiro atoms. The first-order valence-corrected chi connectivity index (χ1v) is 18.3. The van der Waals surface area contributed by atoms with Gasteiger partial charge in [0.05, 0.1) is 16.3 Å². The summed E-state index contributed by atoms with van der Waals surface area (Å²) in [6.07, 6.45) is 4.11. The van der Waals surface area contributed by atoms with Crippen LogP contribution in [0.3, 0.4) is 0 Å². The third-order valence-corrected chi connectivity index (χ3v) is 12.1. The number of pyridine rings is 2. The largest absolute Gasteiger partial charge is 0.297 e. The maximum atomic E-state index is 14.5. The first kappa shape index (κ1) is 35.1. The van der Waals surface area contributed by atoms with Crippen LogP contribution in [0.2, 0.25) is 0 Å². The summed E-state index contributed by atoms with van der Waals surface area (Å²) in [5.41, 5.74) is 12.3. The standard InChI is InChI=1S/C40H43N5O4S/c1-26-17-34(18-27(2)30(26)5)37-21-32(11-14-41-37)23-43-16-13-36(25-43)44(50(48,49)40-10-8-7-9-39(40)45(46)47)24-33-12-15-42-38(22-33)35-19-28(3)31(6)29(4)20-35/h7-12,14-15,17-22,36H,13,16,23-25H2,1-6H3. The Hall–Kier alpha value is -4.77. The average molecular weight is 690 g/mol. The minimum absolute atomic E-state index is 0.0533. The Bertz CT molecular complexity index is 2150. The number of para-hydroxylation sites is 1. The second kappa shape index (κ2) is 14.2. The maximum absolute atomic E-state index is 14.5. The van der Waals surface area contributed by atoms with Gasteiger partial charge in [-0.1, -0.05) is 12.1 Å². The fraction of sp³-hybridized carbons (Fsp3) is 0.300. The van der Waals surface area contributed by atoms with E-state index >= 15 is 0 Å². The molecule has 3 aromatic carbocycles. The summed E-state index contributed by atoms with van der Waals surface area (Å²) >= 11 is 0. The third kappa shape index (κ3) is 7.23. The van der Waals surface area contributed by atoms with E-state index in [1.54, 1.807) is 6.20 Å². The van der Waals surface area contributed by atoms with Gasteiger partial charge >= 0.3 is 0 Å². The lowest BCUT2D eigenvalue weighted by molar-refractivity contribution is -0.387. The number of hydrogen-bond donors (Lipinski definition) is 0. The molecule has 0 saturated carbocycles. The van der Waals surface area contributed by atoms with E-state index in [0.29, 0.717) is 26.1 Å². The Labute approximate surface area is 294 Å². The van der Waals surface area contributed by atoms with Crippen molar-refractivity contribution in [2.75, 3.05) is 13.1 Å². The van der Waals surface area contributed by atoms with Crippen LogP contribution in [0.25, 0.3) is 22.5 Å². The molecule has 1 atom stereocenters. The van der Waals surface area contributed by atoms with Gasteiger partial charge in [-0.15, -0.1) is 0 Å². The van der Waals surface area contributed by atoms with Gasteiger partial charge < -0.3 is 0 Å². The molecule has 0 amide bonds. The van der Waals surface area contributed by atoms with E-state index in [1.807, 2.05) is 24.4 Å². The summed E-state index contributed by atoms with van der Waals surface area (Å²) in [6, 6.07) is 21.6. The van der Waals surface area contributed by atoms with Gasteiger partial charge in [0, 0.05) is 61.8 Å². The van der Waals surface area contributed by atoms with Crippen molar-refractivity contribution in [1.82, 2.24) is 19.2 Å². The first-order valence-electron chi connectivity index (χ1n) is 16.9. The van der Waals surface area contributed by atoms with Crippen molar-refractivity contribution in [3.8, 4) is 22.5 Å². The number of nitro benzene ring substituents is 1. The summed E-state index contributed by atoms with van der Waals surface area (Å²) in [7, 11) is -4.27. The number of likely N-dealkylation sites (tertiary alicyclic amines) is 1. The average Bonchev–Trinajstić information content (AvgIpc) is 3.55. The fourth-order valence-corrected chi connectivity index (χ4v) is 8.61. The molecular formula is C40H43N5O4S. The highest BCUT2D eigenvalue weighted by molar-refractivity contribution is 7.89. The van der Waals surface area contributed by atoms with Gasteiger partial charge in [0.2, 0.25) is 0 Å². The normalized spacial score (nSPS) is 15.1. The van der Waals surface area contributed by atoms with Crippen molar-refractivity contribution in [1.29, 1.82) is 0 Å². The molecule has 5 aromatic rings. The molecule has 50 heavy (non-hydrogen) atoms. The number of nitrogens with zero attached hydrogens (tertiary/aromatic N) is 5. The van der Waals surface area contributed by atoms with E-state index < -0.39 is 26.7 Å². The van der Waals surface area contributed by atoms with Crippen molar-refractivity contribution >= 4 is 15.7 Å². The molecule has 0 radical (unpaired) electrons. The van der Waals surface area contributed by atoms with E-state index in [-0.39, 0.29) is 11.4 Å². The monoisotopic (exact) mass is 689 g/mol. The van der Waals surface area contributed by atoms with E-state index in [2.05, 4.69) is 86.7 Å². The molecule has 9 nitrogen and oxygen atoms in total. The number of benzene rings is 3. The molecule has 0 aliphatic carbocycles. The number of aryl methyl sites for hydroxylation is 4. The van der Waals surface area contributed by atoms with Crippen LogP contribution >= 0.6 is 0 Å². The van der Waals surface area contributed by atoms with Crippen LogP contribution in [0.15, 0.2) is 90.1 Å². The third-order valence-electron chi connectivity index (χ3n) is 10.1. The molecule has 10 heteroatoms. The van der Waals surface area contributed by atoms with Crippen molar-refractivity contribution in [2.45, 2.75) is 72.0 Å². The smallest absolute Gasteiger partial charge is 0.289 e. The molecule has 1 aliphatic heterocycles. The van der Waals surface area contributed by atoms with Gasteiger partial charge in [-0.25, -0.2) is 8.42 Å². The molecule has 1 saturated heterocycles. The lowest BCUT2D eigenvalue weighted by atomic mass is 9.98. The predicted octanol–water partition coefficient (Wildman–Crippen LogP) is 8.03. The Morgan fingerprint density at radius 2 is 1.30 bits per heavy atom. The predicted molar refractivity (Wildman–Crippen MR) is 197 cm³/mol. The number of nitro groups is 1. The van der Waals surface area contributed by atoms with Gasteiger partial charge in [-0.05, 0) is 147 Å². The maximum Gasteiger partial charge on any atom is 0.289 e. The molecule has 1 fully saturated rings. The molecule has 0 bridgehead atoms. The SMILES string of the molecule is Cc1cc(-c2cc(CN3CCC(N(Cc4ccnc(-c5cc(C)c(C)c(C)c5)c4)S(=O)(=O)c4ccccc4[N+](=O)[O-])C3)ccn2)cc(C)c1C. The van der Waals surface area contributed by atoms with E-state index in [9.17, 15) is 18.5 Å². The highest BCUT2D eigenvalue weighted by Crippen LogP contribution is 2.33. The zero-order valence-corrected chi connectivity index (χ0v) is 30.3. The summed E-state index contributed by atoms with van der Waals surface area (Å²) < 4.78 is 30.4. The molecule has 0 N–H and O–H groups in total. The number of hydrogen-bond acceptors (Lipinski definition) is 7. The molecule has 2 aromatic heterocycles. The van der Waals surface area contributed by atoms with Crippen LogP contribution in [0.1, 0.15) is 50.9 Å².